The molecule has 0 fully saturated rings. The van der Waals surface area contributed by atoms with Gasteiger partial charge in [0, 0.05) is 5.69 Å². The van der Waals surface area contributed by atoms with Crippen LogP contribution in [0.4, 0.5) is 5.69 Å². The largest absolute Gasteiger partial charge is 0.478 e. The number of aromatic nitrogens is 2. The maximum Gasteiger partial charge on any atom is 0.337 e. The Balaban J connectivity index is 2.31. The van der Waals surface area contributed by atoms with Gasteiger partial charge in [0.25, 0.3) is 0 Å². The first kappa shape index (κ1) is 13.2. The predicted molar refractivity (Wildman–Crippen MR) is 81.9 cm³/mol. The normalized spacial score (nSPS) is 11.0. The van der Waals surface area contributed by atoms with Gasteiger partial charge in [0.1, 0.15) is 6.33 Å². The molecule has 1 heterocycles. The molecule has 0 aliphatic carbocycles. The van der Waals surface area contributed by atoms with E-state index in [1.54, 1.807) is 23.0 Å². The van der Waals surface area contributed by atoms with Gasteiger partial charge in [0.05, 0.1) is 22.3 Å². The van der Waals surface area contributed by atoms with Crippen LogP contribution in [-0.4, -0.2) is 20.6 Å². The van der Waals surface area contributed by atoms with Crippen molar-refractivity contribution in [3.63, 3.8) is 0 Å². The fourth-order valence-corrected chi connectivity index (χ4v) is 2.39. The number of imidazole rings is 1. The number of rotatable bonds is 2. The number of carbonyl (C=O) groups is 1. The lowest BCUT2D eigenvalue weighted by molar-refractivity contribution is 0.0697. The average Bonchev–Trinajstić information content (AvgIpc) is 2.82. The molecule has 1 aromatic heterocycles. The predicted octanol–water partition coefficient (Wildman–Crippen LogP) is 2.92. The second-order valence-corrected chi connectivity index (χ2v) is 5.12. The van der Waals surface area contributed by atoms with E-state index >= 15 is 0 Å². The highest BCUT2D eigenvalue weighted by Gasteiger charge is 2.14. The first-order valence-corrected chi connectivity index (χ1v) is 6.55. The zero-order chi connectivity index (χ0) is 15.1. The fourth-order valence-electron chi connectivity index (χ4n) is 2.39. The minimum Gasteiger partial charge on any atom is -0.478 e. The number of carboxylic acids is 1. The molecular weight excluding hydrogens is 266 g/mol. The zero-order valence-corrected chi connectivity index (χ0v) is 11.8. The lowest BCUT2D eigenvalue weighted by Crippen LogP contribution is -2.06. The van der Waals surface area contributed by atoms with Crippen LogP contribution < -0.4 is 5.73 Å². The van der Waals surface area contributed by atoms with Crippen LogP contribution in [0.25, 0.3) is 16.7 Å². The van der Waals surface area contributed by atoms with Crippen LogP contribution in [0.1, 0.15) is 21.5 Å². The van der Waals surface area contributed by atoms with E-state index in [0.717, 1.165) is 22.2 Å². The first-order chi connectivity index (χ1) is 9.97. The van der Waals surface area contributed by atoms with Crippen molar-refractivity contribution in [2.24, 2.45) is 0 Å². The molecule has 2 aromatic carbocycles. The summed E-state index contributed by atoms with van der Waals surface area (Å²) >= 11 is 0. The number of nitrogens with two attached hydrogens (primary N) is 1. The average molecular weight is 281 g/mol. The third-order valence-electron chi connectivity index (χ3n) is 3.67. The highest BCUT2D eigenvalue weighted by Crippen LogP contribution is 2.25. The smallest absolute Gasteiger partial charge is 0.337 e. The molecular formula is C16H15N3O2. The van der Waals surface area contributed by atoms with E-state index in [1.807, 2.05) is 26.0 Å². The van der Waals surface area contributed by atoms with Crippen LogP contribution in [0.3, 0.4) is 0 Å². The van der Waals surface area contributed by atoms with E-state index in [1.165, 1.54) is 6.07 Å². The van der Waals surface area contributed by atoms with Gasteiger partial charge in [-0.1, -0.05) is 0 Å². The van der Waals surface area contributed by atoms with Crippen molar-refractivity contribution >= 4 is 22.7 Å². The molecule has 0 radical (unpaired) electrons. The van der Waals surface area contributed by atoms with Crippen molar-refractivity contribution in [2.75, 3.05) is 5.73 Å². The Morgan fingerprint density at radius 2 is 1.90 bits per heavy atom. The minimum absolute atomic E-state index is 0.160. The number of nitrogen functional groups attached to an aromatic ring is 1. The molecule has 5 heteroatoms. The summed E-state index contributed by atoms with van der Waals surface area (Å²) in [4.78, 5) is 15.8. The van der Waals surface area contributed by atoms with Crippen LogP contribution in [0.5, 0.6) is 0 Å². The third-order valence-corrected chi connectivity index (χ3v) is 3.67. The molecule has 0 saturated carbocycles. The Kier molecular flexibility index (Phi) is 2.90. The molecule has 0 bridgehead atoms. The number of hydrogen-bond donors (Lipinski definition) is 2. The van der Waals surface area contributed by atoms with E-state index < -0.39 is 5.97 Å². The second kappa shape index (κ2) is 4.63. The molecule has 3 aromatic rings. The van der Waals surface area contributed by atoms with Crippen molar-refractivity contribution < 1.29 is 9.90 Å². The van der Waals surface area contributed by atoms with Crippen LogP contribution >= 0.6 is 0 Å². The Morgan fingerprint density at radius 3 is 2.62 bits per heavy atom. The molecule has 0 amide bonds. The summed E-state index contributed by atoms with van der Waals surface area (Å²) in [5.41, 5.74) is 10.8. The summed E-state index contributed by atoms with van der Waals surface area (Å²) in [5.74, 6) is -1.01. The van der Waals surface area contributed by atoms with Crippen molar-refractivity contribution in [1.29, 1.82) is 0 Å². The molecule has 0 unspecified atom stereocenters. The lowest BCUT2D eigenvalue weighted by atomic mass is 10.1. The van der Waals surface area contributed by atoms with Gasteiger partial charge >= 0.3 is 5.97 Å². The molecule has 0 aliphatic heterocycles. The van der Waals surface area contributed by atoms with Crippen molar-refractivity contribution in [3.05, 3.63) is 53.3 Å². The summed E-state index contributed by atoms with van der Waals surface area (Å²) in [7, 11) is 0. The van der Waals surface area contributed by atoms with Crippen LogP contribution in [0.15, 0.2) is 36.7 Å². The molecule has 0 saturated heterocycles. The van der Waals surface area contributed by atoms with Gasteiger partial charge in [-0.15, -0.1) is 0 Å². The van der Waals surface area contributed by atoms with Gasteiger partial charge in [0.15, 0.2) is 0 Å². The fraction of sp³-hybridized carbons (Fsp3) is 0.125. The number of benzene rings is 2. The minimum atomic E-state index is -1.01. The maximum atomic E-state index is 11.4. The number of aryl methyl sites for hydroxylation is 2. The Morgan fingerprint density at radius 1 is 1.19 bits per heavy atom. The highest BCUT2D eigenvalue weighted by molar-refractivity contribution is 5.94. The standard InChI is InChI=1S/C16H15N3O2/c1-9-5-13-15(6-10(9)2)19(8-18-13)14-4-3-11(17)7-12(14)16(20)21/h3-8H,17H2,1-2H3,(H,20,21). The Labute approximate surface area is 121 Å². The molecule has 3 N–H and O–H groups in total. The molecule has 106 valence electrons. The molecule has 3 rings (SSSR count). The van der Waals surface area contributed by atoms with Gasteiger partial charge in [-0.2, -0.15) is 0 Å². The van der Waals surface area contributed by atoms with Gasteiger partial charge in [-0.05, 0) is 55.3 Å². The third kappa shape index (κ3) is 2.12. The van der Waals surface area contributed by atoms with Gasteiger partial charge in [-0.25, -0.2) is 9.78 Å². The second-order valence-electron chi connectivity index (χ2n) is 5.12. The number of nitrogens with zero attached hydrogens (tertiary/aromatic N) is 2. The number of carboxylic acid groups (broad SMARTS) is 1. The van der Waals surface area contributed by atoms with Gasteiger partial charge < -0.3 is 10.8 Å². The summed E-state index contributed by atoms with van der Waals surface area (Å²) in [5, 5.41) is 9.37. The van der Waals surface area contributed by atoms with Crippen molar-refractivity contribution in [3.8, 4) is 5.69 Å². The molecule has 0 aliphatic rings. The van der Waals surface area contributed by atoms with E-state index in [4.69, 9.17) is 5.73 Å². The first-order valence-electron chi connectivity index (χ1n) is 6.55. The number of fused-ring (bicyclic) bond motifs is 1. The SMILES string of the molecule is Cc1cc2ncn(-c3ccc(N)cc3C(=O)O)c2cc1C. The molecule has 0 spiro atoms. The molecule has 21 heavy (non-hydrogen) atoms. The highest BCUT2D eigenvalue weighted by atomic mass is 16.4. The van der Waals surface area contributed by atoms with Crippen LogP contribution in [0, 0.1) is 13.8 Å². The number of anilines is 1. The lowest BCUT2D eigenvalue weighted by Gasteiger charge is -2.10. The topological polar surface area (TPSA) is 81.1 Å². The van der Waals surface area contributed by atoms with E-state index in [9.17, 15) is 9.90 Å². The molecule has 0 atom stereocenters. The summed E-state index contributed by atoms with van der Waals surface area (Å²) in [6, 6.07) is 8.87. The van der Waals surface area contributed by atoms with Gasteiger partial charge in [0.2, 0.25) is 0 Å². The zero-order valence-electron chi connectivity index (χ0n) is 11.8. The monoisotopic (exact) mass is 281 g/mol. The quantitative estimate of drug-likeness (QED) is 0.708. The number of hydrogen-bond acceptors (Lipinski definition) is 3. The number of aromatic carboxylic acids is 1. The van der Waals surface area contributed by atoms with E-state index in [0.29, 0.717) is 11.4 Å². The Bertz CT molecular complexity index is 865. The molecule has 5 nitrogen and oxygen atoms in total. The van der Waals surface area contributed by atoms with Crippen LogP contribution in [-0.2, 0) is 0 Å². The van der Waals surface area contributed by atoms with Gasteiger partial charge in [-0.3, -0.25) is 4.57 Å². The van der Waals surface area contributed by atoms with E-state index in [-0.39, 0.29) is 5.56 Å². The summed E-state index contributed by atoms with van der Waals surface area (Å²) in [6.07, 6.45) is 1.64. The van der Waals surface area contributed by atoms with Crippen molar-refractivity contribution in [2.45, 2.75) is 13.8 Å². The Hall–Kier alpha value is -2.82. The van der Waals surface area contributed by atoms with Crippen molar-refractivity contribution in [1.82, 2.24) is 9.55 Å². The summed E-state index contributed by atoms with van der Waals surface area (Å²) in [6.45, 7) is 4.05. The maximum absolute atomic E-state index is 11.4. The summed E-state index contributed by atoms with van der Waals surface area (Å²) < 4.78 is 1.78. The van der Waals surface area contributed by atoms with Crippen LogP contribution in [0.2, 0.25) is 0 Å². The van der Waals surface area contributed by atoms with E-state index in [2.05, 4.69) is 4.98 Å².